The van der Waals surface area contributed by atoms with Crippen molar-refractivity contribution in [2.24, 2.45) is 0 Å². The number of anilines is 1. The molecule has 3 rings (SSSR count). The summed E-state index contributed by atoms with van der Waals surface area (Å²) in [5, 5.41) is 13.0. The fourth-order valence-corrected chi connectivity index (χ4v) is 2.91. The van der Waals surface area contributed by atoms with Gasteiger partial charge in [0, 0.05) is 37.4 Å². The van der Waals surface area contributed by atoms with Crippen LogP contribution in [0, 0.1) is 0 Å². The minimum Gasteiger partial charge on any atom is -0.508 e. The van der Waals surface area contributed by atoms with Gasteiger partial charge in [-0.05, 0) is 30.5 Å². The van der Waals surface area contributed by atoms with E-state index in [0.29, 0.717) is 11.8 Å². The molecule has 2 N–H and O–H groups in total. The van der Waals surface area contributed by atoms with Crippen LogP contribution in [0.5, 0.6) is 5.75 Å². The van der Waals surface area contributed by atoms with Gasteiger partial charge in [0.1, 0.15) is 5.75 Å². The summed E-state index contributed by atoms with van der Waals surface area (Å²) in [6.07, 6.45) is 2.28. The minimum atomic E-state index is 0.321. The van der Waals surface area contributed by atoms with E-state index in [-0.39, 0.29) is 0 Å². The monoisotopic (exact) mass is 282 g/mol. The van der Waals surface area contributed by atoms with Gasteiger partial charge >= 0.3 is 0 Å². The SMILES string of the molecule is Oc1cccc(NC2CCN(Cc3ccccc3)CC2)c1. The van der Waals surface area contributed by atoms with Crippen LogP contribution >= 0.6 is 0 Å². The third kappa shape index (κ3) is 3.99. The van der Waals surface area contributed by atoms with Crippen LogP contribution in [-0.2, 0) is 6.54 Å². The number of rotatable bonds is 4. The molecule has 1 aliphatic heterocycles. The van der Waals surface area contributed by atoms with Gasteiger partial charge in [-0.2, -0.15) is 0 Å². The van der Waals surface area contributed by atoms with Gasteiger partial charge in [0.2, 0.25) is 0 Å². The van der Waals surface area contributed by atoms with Crippen molar-refractivity contribution in [2.75, 3.05) is 18.4 Å². The van der Waals surface area contributed by atoms with E-state index in [4.69, 9.17) is 0 Å². The molecule has 0 spiro atoms. The van der Waals surface area contributed by atoms with Gasteiger partial charge in [0.15, 0.2) is 0 Å². The quantitative estimate of drug-likeness (QED) is 0.901. The second-order valence-corrected chi connectivity index (χ2v) is 5.73. The summed E-state index contributed by atoms with van der Waals surface area (Å²) in [5.41, 5.74) is 2.40. The van der Waals surface area contributed by atoms with Crippen LogP contribution in [0.3, 0.4) is 0 Å². The second-order valence-electron chi connectivity index (χ2n) is 5.73. The lowest BCUT2D eigenvalue weighted by Crippen LogP contribution is -2.38. The Balaban J connectivity index is 1.49. The number of hydrogen-bond acceptors (Lipinski definition) is 3. The Hall–Kier alpha value is -2.00. The van der Waals surface area contributed by atoms with Crippen molar-refractivity contribution in [2.45, 2.75) is 25.4 Å². The van der Waals surface area contributed by atoms with Crippen LogP contribution < -0.4 is 5.32 Å². The number of phenolic OH excluding ortho intramolecular Hbond substituents is 1. The van der Waals surface area contributed by atoms with Crippen molar-refractivity contribution in [3.63, 3.8) is 0 Å². The van der Waals surface area contributed by atoms with Gasteiger partial charge in [-0.15, -0.1) is 0 Å². The number of nitrogens with zero attached hydrogens (tertiary/aromatic N) is 1. The van der Waals surface area contributed by atoms with Crippen LogP contribution in [-0.4, -0.2) is 29.1 Å². The Morgan fingerprint density at radius 1 is 1.00 bits per heavy atom. The first kappa shape index (κ1) is 14.0. The normalized spacial score (nSPS) is 16.8. The first-order valence-corrected chi connectivity index (χ1v) is 7.61. The van der Waals surface area contributed by atoms with Crippen LogP contribution in [0.1, 0.15) is 18.4 Å². The molecule has 2 aromatic rings. The van der Waals surface area contributed by atoms with Crippen molar-refractivity contribution < 1.29 is 5.11 Å². The smallest absolute Gasteiger partial charge is 0.117 e. The van der Waals surface area contributed by atoms with Gasteiger partial charge in [-0.1, -0.05) is 36.4 Å². The van der Waals surface area contributed by atoms with Crippen molar-refractivity contribution in [3.05, 3.63) is 60.2 Å². The van der Waals surface area contributed by atoms with Crippen LogP contribution in [0.25, 0.3) is 0 Å². The maximum atomic E-state index is 9.50. The molecule has 0 unspecified atom stereocenters. The third-order valence-electron chi connectivity index (χ3n) is 4.05. The van der Waals surface area contributed by atoms with Crippen molar-refractivity contribution in [1.82, 2.24) is 4.90 Å². The molecule has 0 aliphatic carbocycles. The van der Waals surface area contributed by atoms with E-state index < -0.39 is 0 Å². The minimum absolute atomic E-state index is 0.321. The topological polar surface area (TPSA) is 35.5 Å². The fourth-order valence-electron chi connectivity index (χ4n) is 2.91. The molecule has 0 atom stereocenters. The van der Waals surface area contributed by atoms with Crippen LogP contribution in [0.15, 0.2) is 54.6 Å². The maximum absolute atomic E-state index is 9.50. The second kappa shape index (κ2) is 6.64. The van der Waals surface area contributed by atoms with Crippen molar-refractivity contribution >= 4 is 5.69 Å². The Kier molecular flexibility index (Phi) is 4.41. The highest BCUT2D eigenvalue weighted by Crippen LogP contribution is 2.20. The van der Waals surface area contributed by atoms with Crippen molar-refractivity contribution in [3.8, 4) is 5.75 Å². The van der Waals surface area contributed by atoms with Crippen LogP contribution in [0.2, 0.25) is 0 Å². The lowest BCUT2D eigenvalue weighted by atomic mass is 10.0. The summed E-state index contributed by atoms with van der Waals surface area (Å²) in [4.78, 5) is 2.51. The zero-order chi connectivity index (χ0) is 14.5. The number of phenols is 1. The van der Waals surface area contributed by atoms with Crippen molar-refractivity contribution in [1.29, 1.82) is 0 Å². The van der Waals surface area contributed by atoms with E-state index >= 15 is 0 Å². The largest absolute Gasteiger partial charge is 0.508 e. The predicted molar refractivity (Wildman–Crippen MR) is 86.5 cm³/mol. The molecule has 1 aliphatic rings. The first-order chi connectivity index (χ1) is 10.3. The summed E-state index contributed by atoms with van der Waals surface area (Å²) < 4.78 is 0. The highest BCUT2D eigenvalue weighted by atomic mass is 16.3. The van der Waals surface area contributed by atoms with Gasteiger partial charge in [0.05, 0.1) is 0 Å². The number of aromatic hydroxyl groups is 1. The zero-order valence-corrected chi connectivity index (χ0v) is 12.2. The van der Waals surface area contributed by atoms with E-state index in [1.54, 1.807) is 12.1 Å². The molecule has 3 heteroatoms. The van der Waals surface area contributed by atoms with Gasteiger partial charge in [-0.25, -0.2) is 0 Å². The Labute approximate surface area is 126 Å². The number of likely N-dealkylation sites (tertiary alicyclic amines) is 1. The molecule has 1 fully saturated rings. The molecule has 1 heterocycles. The maximum Gasteiger partial charge on any atom is 0.117 e. The molecular formula is C18H22N2O. The van der Waals surface area contributed by atoms with E-state index in [1.807, 2.05) is 12.1 Å². The molecule has 2 aromatic carbocycles. The van der Waals surface area contributed by atoms with Gasteiger partial charge in [0.25, 0.3) is 0 Å². The number of hydrogen-bond donors (Lipinski definition) is 2. The predicted octanol–water partition coefficient (Wildman–Crippen LogP) is 3.47. The summed E-state index contributed by atoms with van der Waals surface area (Å²) in [5.74, 6) is 0.321. The van der Waals surface area contributed by atoms with E-state index in [1.165, 1.54) is 5.56 Å². The Morgan fingerprint density at radius 2 is 1.76 bits per heavy atom. The average molecular weight is 282 g/mol. The number of piperidine rings is 1. The molecule has 110 valence electrons. The molecule has 0 aromatic heterocycles. The molecule has 1 saturated heterocycles. The summed E-state index contributed by atoms with van der Waals surface area (Å²) in [7, 11) is 0. The molecule has 21 heavy (non-hydrogen) atoms. The third-order valence-corrected chi connectivity index (χ3v) is 4.05. The lowest BCUT2D eigenvalue weighted by Gasteiger charge is -2.32. The van der Waals surface area contributed by atoms with E-state index in [2.05, 4.69) is 40.5 Å². The molecule has 0 amide bonds. The average Bonchev–Trinajstić information content (AvgIpc) is 2.50. The van der Waals surface area contributed by atoms with Crippen LogP contribution in [0.4, 0.5) is 5.69 Å². The highest BCUT2D eigenvalue weighted by Gasteiger charge is 2.19. The lowest BCUT2D eigenvalue weighted by molar-refractivity contribution is 0.211. The molecular weight excluding hydrogens is 260 g/mol. The Morgan fingerprint density at radius 3 is 2.48 bits per heavy atom. The fraction of sp³-hybridized carbons (Fsp3) is 0.333. The molecule has 3 nitrogen and oxygen atoms in total. The number of nitrogens with one attached hydrogen (secondary N) is 1. The highest BCUT2D eigenvalue weighted by molar-refractivity contribution is 5.48. The summed E-state index contributed by atoms with van der Waals surface area (Å²) in [6, 6.07) is 18.5. The van der Waals surface area contributed by atoms with E-state index in [9.17, 15) is 5.11 Å². The molecule has 0 bridgehead atoms. The zero-order valence-electron chi connectivity index (χ0n) is 12.2. The summed E-state index contributed by atoms with van der Waals surface area (Å²) in [6.45, 7) is 3.27. The first-order valence-electron chi connectivity index (χ1n) is 7.61. The molecule has 0 radical (unpaired) electrons. The van der Waals surface area contributed by atoms with Gasteiger partial charge < -0.3 is 10.4 Å². The number of benzene rings is 2. The molecule has 0 saturated carbocycles. The summed E-state index contributed by atoms with van der Waals surface area (Å²) >= 11 is 0. The Bertz CT molecular complexity index is 562. The standard InChI is InChI=1S/C18H22N2O/c21-18-8-4-7-17(13-18)19-16-9-11-20(12-10-16)14-15-5-2-1-3-6-15/h1-8,13,16,19,21H,9-12,14H2. The van der Waals surface area contributed by atoms with Gasteiger partial charge in [-0.3, -0.25) is 4.90 Å². The van der Waals surface area contributed by atoms with E-state index in [0.717, 1.165) is 38.2 Å².